The molecule has 0 heterocycles. The summed E-state index contributed by atoms with van der Waals surface area (Å²) < 4.78 is 0. The molecule has 1 rings (SSSR count). The average molecular weight is 256 g/mol. The third-order valence-electron chi connectivity index (χ3n) is 2.14. The minimum Gasteiger partial charge on any atom is -0.504 e. The highest BCUT2D eigenvalue weighted by Gasteiger charge is 2.16. The van der Waals surface area contributed by atoms with Crippen molar-refractivity contribution in [3.63, 3.8) is 0 Å². The first-order valence-corrected chi connectivity index (χ1v) is 4.92. The van der Waals surface area contributed by atoms with Gasteiger partial charge in [-0.1, -0.05) is 0 Å². The molecule has 0 unspecified atom stereocenters. The van der Waals surface area contributed by atoms with Crippen LogP contribution in [-0.4, -0.2) is 38.9 Å². The zero-order valence-corrected chi connectivity index (χ0v) is 9.17. The standard InChI is InChI=1S/C10H12N2O6/c13-6-2-1-5(8(15)9(6)16)10(17)11-4-3-7(14)12-18/h1-2,13,15-16,18H,3-4H2,(H,11,17)(H,12,14). The molecule has 98 valence electrons. The van der Waals surface area contributed by atoms with Gasteiger partial charge in [-0.25, -0.2) is 5.48 Å². The molecular weight excluding hydrogens is 244 g/mol. The van der Waals surface area contributed by atoms with Crippen LogP contribution >= 0.6 is 0 Å². The van der Waals surface area contributed by atoms with Crippen LogP contribution in [0.5, 0.6) is 17.2 Å². The molecule has 0 aliphatic carbocycles. The van der Waals surface area contributed by atoms with E-state index in [-0.39, 0.29) is 18.5 Å². The first-order valence-electron chi connectivity index (χ1n) is 4.92. The molecule has 0 fully saturated rings. The second-order valence-corrected chi connectivity index (χ2v) is 3.37. The van der Waals surface area contributed by atoms with Crippen molar-refractivity contribution in [1.29, 1.82) is 0 Å². The van der Waals surface area contributed by atoms with Crippen LogP contribution in [0.25, 0.3) is 0 Å². The molecule has 18 heavy (non-hydrogen) atoms. The number of carbonyl (C=O) groups excluding carboxylic acids is 2. The molecule has 0 aliphatic rings. The highest BCUT2D eigenvalue weighted by molar-refractivity contribution is 5.98. The molecule has 1 aromatic rings. The Morgan fingerprint density at radius 1 is 1.11 bits per heavy atom. The number of hydrogen-bond acceptors (Lipinski definition) is 6. The van der Waals surface area contributed by atoms with Gasteiger partial charge in [0.1, 0.15) is 0 Å². The maximum absolute atomic E-state index is 11.5. The lowest BCUT2D eigenvalue weighted by molar-refractivity contribution is -0.129. The minimum atomic E-state index is -0.796. The predicted molar refractivity (Wildman–Crippen MR) is 58.3 cm³/mol. The zero-order valence-electron chi connectivity index (χ0n) is 9.17. The summed E-state index contributed by atoms with van der Waals surface area (Å²) in [5.74, 6) is -3.50. The van der Waals surface area contributed by atoms with Gasteiger partial charge in [-0.05, 0) is 12.1 Å². The topological polar surface area (TPSA) is 139 Å². The number of aromatic hydroxyl groups is 3. The van der Waals surface area contributed by atoms with Gasteiger partial charge < -0.3 is 20.6 Å². The molecule has 0 saturated carbocycles. The lowest BCUT2D eigenvalue weighted by atomic mass is 10.1. The first kappa shape index (κ1) is 13.6. The molecule has 0 saturated heterocycles. The number of hydroxylamine groups is 1. The van der Waals surface area contributed by atoms with E-state index in [0.29, 0.717) is 0 Å². The van der Waals surface area contributed by atoms with Gasteiger partial charge in [0.05, 0.1) is 5.56 Å². The summed E-state index contributed by atoms with van der Waals surface area (Å²) in [6.07, 6.45) is -0.146. The summed E-state index contributed by atoms with van der Waals surface area (Å²) >= 11 is 0. The largest absolute Gasteiger partial charge is 0.504 e. The molecule has 0 aromatic heterocycles. The van der Waals surface area contributed by atoms with Gasteiger partial charge in [0, 0.05) is 13.0 Å². The average Bonchev–Trinajstić information content (AvgIpc) is 2.35. The van der Waals surface area contributed by atoms with Gasteiger partial charge in [0.2, 0.25) is 11.7 Å². The summed E-state index contributed by atoms with van der Waals surface area (Å²) in [7, 11) is 0. The van der Waals surface area contributed by atoms with Crippen LogP contribution in [0.15, 0.2) is 12.1 Å². The van der Waals surface area contributed by atoms with Crippen LogP contribution < -0.4 is 10.8 Å². The van der Waals surface area contributed by atoms with Crippen molar-refractivity contribution in [3.05, 3.63) is 17.7 Å². The van der Waals surface area contributed by atoms with E-state index < -0.39 is 29.1 Å². The molecule has 8 heteroatoms. The van der Waals surface area contributed by atoms with Crippen molar-refractivity contribution in [2.45, 2.75) is 6.42 Å². The van der Waals surface area contributed by atoms with E-state index in [1.807, 2.05) is 0 Å². The van der Waals surface area contributed by atoms with Crippen molar-refractivity contribution in [2.24, 2.45) is 0 Å². The zero-order chi connectivity index (χ0) is 13.7. The Balaban J connectivity index is 2.68. The van der Waals surface area contributed by atoms with E-state index in [9.17, 15) is 19.8 Å². The Kier molecular flexibility index (Phi) is 4.33. The maximum atomic E-state index is 11.5. The van der Waals surface area contributed by atoms with E-state index in [4.69, 9.17) is 10.3 Å². The summed E-state index contributed by atoms with van der Waals surface area (Å²) in [6, 6.07) is 2.16. The molecular formula is C10H12N2O6. The molecule has 0 atom stereocenters. The van der Waals surface area contributed by atoms with E-state index >= 15 is 0 Å². The normalized spacial score (nSPS) is 9.83. The molecule has 0 radical (unpaired) electrons. The SMILES string of the molecule is O=C(CCNC(=O)c1ccc(O)c(O)c1O)NO. The number of phenolic OH excluding ortho intramolecular Hbond substituents is 3. The summed E-state index contributed by atoms with van der Waals surface area (Å²) in [6.45, 7) is -0.0632. The maximum Gasteiger partial charge on any atom is 0.255 e. The van der Waals surface area contributed by atoms with Gasteiger partial charge >= 0.3 is 0 Å². The van der Waals surface area contributed by atoms with E-state index in [1.54, 1.807) is 0 Å². The number of hydrogen-bond donors (Lipinski definition) is 6. The highest BCUT2D eigenvalue weighted by Crippen LogP contribution is 2.36. The van der Waals surface area contributed by atoms with Crippen molar-refractivity contribution < 1.29 is 30.1 Å². The van der Waals surface area contributed by atoms with Crippen molar-refractivity contribution in [2.75, 3.05) is 6.54 Å². The van der Waals surface area contributed by atoms with Crippen LogP contribution in [-0.2, 0) is 4.79 Å². The van der Waals surface area contributed by atoms with Crippen LogP contribution in [0.1, 0.15) is 16.8 Å². The molecule has 8 nitrogen and oxygen atoms in total. The van der Waals surface area contributed by atoms with Gasteiger partial charge in [-0.15, -0.1) is 0 Å². The van der Waals surface area contributed by atoms with Crippen molar-refractivity contribution in [3.8, 4) is 17.2 Å². The lowest BCUT2D eigenvalue weighted by Gasteiger charge is -2.08. The fourth-order valence-electron chi connectivity index (χ4n) is 1.19. The lowest BCUT2D eigenvalue weighted by Crippen LogP contribution is -2.29. The van der Waals surface area contributed by atoms with E-state index in [1.165, 1.54) is 5.48 Å². The van der Waals surface area contributed by atoms with E-state index in [2.05, 4.69) is 5.32 Å². The number of benzene rings is 1. The number of amides is 2. The predicted octanol–water partition coefficient (Wildman–Crippen LogP) is -0.571. The Morgan fingerprint density at radius 2 is 1.78 bits per heavy atom. The Morgan fingerprint density at radius 3 is 2.39 bits per heavy atom. The second kappa shape index (κ2) is 5.73. The monoisotopic (exact) mass is 256 g/mol. The number of nitrogens with one attached hydrogen (secondary N) is 2. The van der Waals surface area contributed by atoms with E-state index in [0.717, 1.165) is 12.1 Å². The molecule has 1 aromatic carbocycles. The fourth-order valence-corrected chi connectivity index (χ4v) is 1.19. The number of carbonyl (C=O) groups is 2. The third-order valence-corrected chi connectivity index (χ3v) is 2.14. The summed E-state index contributed by atoms with van der Waals surface area (Å²) in [5, 5.41) is 38.2. The fraction of sp³-hybridized carbons (Fsp3) is 0.200. The van der Waals surface area contributed by atoms with Crippen molar-refractivity contribution >= 4 is 11.8 Å². The van der Waals surface area contributed by atoms with Gasteiger partial charge in [-0.2, -0.15) is 0 Å². The number of phenols is 3. The smallest absolute Gasteiger partial charge is 0.255 e. The quantitative estimate of drug-likeness (QED) is 0.242. The molecule has 0 spiro atoms. The summed E-state index contributed by atoms with van der Waals surface area (Å²) in [5.41, 5.74) is 1.15. The Hall–Kier alpha value is -2.48. The molecule has 0 aliphatic heterocycles. The first-order chi connectivity index (χ1) is 8.47. The Bertz CT molecular complexity index is 474. The van der Waals surface area contributed by atoms with Gasteiger partial charge in [0.25, 0.3) is 5.91 Å². The summed E-state index contributed by atoms with van der Waals surface area (Å²) in [4.78, 5) is 22.2. The second-order valence-electron chi connectivity index (χ2n) is 3.37. The molecule has 2 amide bonds. The minimum absolute atomic E-state index is 0.0632. The van der Waals surface area contributed by atoms with Crippen LogP contribution in [0.3, 0.4) is 0 Å². The highest BCUT2D eigenvalue weighted by atomic mass is 16.5. The van der Waals surface area contributed by atoms with Crippen LogP contribution in [0.2, 0.25) is 0 Å². The third kappa shape index (κ3) is 3.01. The van der Waals surface area contributed by atoms with Crippen LogP contribution in [0.4, 0.5) is 0 Å². The van der Waals surface area contributed by atoms with Crippen molar-refractivity contribution in [1.82, 2.24) is 10.8 Å². The van der Waals surface area contributed by atoms with Gasteiger partial charge in [-0.3, -0.25) is 14.8 Å². The Labute approximate surface area is 101 Å². The number of rotatable bonds is 4. The van der Waals surface area contributed by atoms with Gasteiger partial charge in [0.15, 0.2) is 11.5 Å². The molecule has 0 bridgehead atoms. The van der Waals surface area contributed by atoms with Crippen LogP contribution in [0, 0.1) is 0 Å². The molecule has 6 N–H and O–H groups in total.